The lowest BCUT2D eigenvalue weighted by atomic mass is 9.78. The zero-order chi connectivity index (χ0) is 11.4. The minimum absolute atomic E-state index is 0.169. The second-order valence-corrected chi connectivity index (χ2v) is 4.36. The zero-order valence-electron chi connectivity index (χ0n) is 8.99. The van der Waals surface area contributed by atoms with Crippen molar-refractivity contribution >= 4 is 0 Å². The summed E-state index contributed by atoms with van der Waals surface area (Å²) >= 11 is 0. The molecule has 0 aromatic carbocycles. The lowest BCUT2D eigenvalue weighted by molar-refractivity contribution is -0.174. The van der Waals surface area contributed by atoms with Crippen LogP contribution in [-0.2, 0) is 4.74 Å². The quantitative estimate of drug-likeness (QED) is 0.701. The van der Waals surface area contributed by atoms with Crippen LogP contribution < -0.4 is 5.32 Å². The lowest BCUT2D eigenvalue weighted by Gasteiger charge is -2.39. The van der Waals surface area contributed by atoms with Gasteiger partial charge in [0.15, 0.2) is 0 Å². The molecule has 0 aliphatic heterocycles. The summed E-state index contributed by atoms with van der Waals surface area (Å²) in [4.78, 5) is 0. The van der Waals surface area contributed by atoms with Crippen molar-refractivity contribution in [3.8, 4) is 0 Å². The summed E-state index contributed by atoms with van der Waals surface area (Å²) in [6.07, 6.45) is -0.0000591. The molecule has 0 bridgehead atoms. The van der Waals surface area contributed by atoms with Gasteiger partial charge in [-0.05, 0) is 39.2 Å². The molecule has 0 radical (unpaired) electrons. The molecule has 0 aromatic rings. The van der Waals surface area contributed by atoms with E-state index in [-0.39, 0.29) is 12.1 Å². The van der Waals surface area contributed by atoms with Crippen molar-refractivity contribution in [2.75, 3.05) is 19.8 Å². The van der Waals surface area contributed by atoms with E-state index in [9.17, 15) is 13.2 Å². The number of nitrogens with one attached hydrogen (secondary N) is 1. The predicted octanol–water partition coefficient (Wildman–Crippen LogP) is 2.49. The van der Waals surface area contributed by atoms with Gasteiger partial charge in [0.05, 0.1) is 0 Å². The molecule has 0 atom stereocenters. The topological polar surface area (TPSA) is 21.3 Å². The maximum Gasteiger partial charge on any atom is 0.411 e. The summed E-state index contributed by atoms with van der Waals surface area (Å²) in [5, 5.41) is 3.33. The molecule has 15 heavy (non-hydrogen) atoms. The highest BCUT2D eigenvalue weighted by atomic mass is 19.4. The van der Waals surface area contributed by atoms with Crippen LogP contribution in [0.1, 0.15) is 32.6 Å². The van der Waals surface area contributed by atoms with Gasteiger partial charge in [-0.2, -0.15) is 13.2 Å². The minimum atomic E-state index is -4.20. The average Bonchev–Trinajstić information content (AvgIpc) is 2.06. The Hall–Kier alpha value is -0.290. The number of hydrogen-bond donors (Lipinski definition) is 1. The predicted molar refractivity (Wildman–Crippen MR) is 51.7 cm³/mol. The van der Waals surface area contributed by atoms with Crippen LogP contribution in [0.25, 0.3) is 0 Å². The molecule has 0 unspecified atom stereocenters. The van der Waals surface area contributed by atoms with Crippen LogP contribution in [0.15, 0.2) is 0 Å². The van der Waals surface area contributed by atoms with Gasteiger partial charge in [-0.25, -0.2) is 0 Å². The Morgan fingerprint density at radius 1 is 1.33 bits per heavy atom. The van der Waals surface area contributed by atoms with Crippen LogP contribution >= 0.6 is 0 Å². The highest BCUT2D eigenvalue weighted by Gasteiger charge is 2.30. The lowest BCUT2D eigenvalue weighted by Crippen LogP contribution is -2.48. The molecule has 0 heterocycles. The number of hydrogen-bond acceptors (Lipinski definition) is 2. The third-order valence-corrected chi connectivity index (χ3v) is 2.74. The fourth-order valence-electron chi connectivity index (χ4n) is 1.64. The molecule has 90 valence electrons. The Morgan fingerprint density at radius 3 is 2.47 bits per heavy atom. The van der Waals surface area contributed by atoms with E-state index >= 15 is 0 Å². The first-order valence-corrected chi connectivity index (χ1v) is 5.31. The maximum atomic E-state index is 11.7. The van der Waals surface area contributed by atoms with Crippen LogP contribution in [0.5, 0.6) is 0 Å². The zero-order valence-corrected chi connectivity index (χ0v) is 8.99. The van der Waals surface area contributed by atoms with Crippen LogP contribution in [0.3, 0.4) is 0 Å². The Balaban J connectivity index is 1.89. The summed E-state index contributed by atoms with van der Waals surface area (Å²) in [6.45, 7) is 1.91. The minimum Gasteiger partial charge on any atom is -0.372 e. The number of ether oxygens (including phenoxy) is 1. The number of rotatable bonds is 6. The summed E-state index contributed by atoms with van der Waals surface area (Å²) in [5.41, 5.74) is 0.226. The van der Waals surface area contributed by atoms with Gasteiger partial charge >= 0.3 is 6.18 Å². The second kappa shape index (κ2) is 5.16. The van der Waals surface area contributed by atoms with Gasteiger partial charge in [-0.1, -0.05) is 0 Å². The Kier molecular flexibility index (Phi) is 4.40. The number of halogens is 3. The van der Waals surface area contributed by atoms with Gasteiger partial charge in [-0.3, -0.25) is 0 Å². The van der Waals surface area contributed by atoms with Crippen molar-refractivity contribution in [1.29, 1.82) is 0 Å². The SMILES string of the molecule is CC1(NCCCOCC(F)(F)F)CCC1. The van der Waals surface area contributed by atoms with Crippen molar-refractivity contribution < 1.29 is 17.9 Å². The van der Waals surface area contributed by atoms with E-state index in [4.69, 9.17) is 0 Å². The molecule has 0 aromatic heterocycles. The normalized spacial score (nSPS) is 20.0. The molecule has 5 heteroatoms. The van der Waals surface area contributed by atoms with E-state index in [1.165, 1.54) is 6.42 Å². The van der Waals surface area contributed by atoms with Gasteiger partial charge < -0.3 is 10.1 Å². The maximum absolute atomic E-state index is 11.7. The molecular formula is C10H18F3NO. The number of alkyl halides is 3. The molecule has 1 aliphatic rings. The van der Waals surface area contributed by atoms with Gasteiger partial charge in [0.1, 0.15) is 6.61 Å². The molecule has 1 fully saturated rings. The van der Waals surface area contributed by atoms with Crippen LogP contribution in [0.4, 0.5) is 13.2 Å². The van der Waals surface area contributed by atoms with E-state index in [2.05, 4.69) is 17.0 Å². The Morgan fingerprint density at radius 2 is 2.00 bits per heavy atom. The van der Waals surface area contributed by atoms with E-state index in [0.717, 1.165) is 19.4 Å². The summed E-state index contributed by atoms with van der Waals surface area (Å²) < 4.78 is 39.5. The fraction of sp³-hybridized carbons (Fsp3) is 1.00. The van der Waals surface area contributed by atoms with Gasteiger partial charge in [-0.15, -0.1) is 0 Å². The first kappa shape index (κ1) is 12.8. The average molecular weight is 225 g/mol. The van der Waals surface area contributed by atoms with Crippen molar-refractivity contribution in [3.05, 3.63) is 0 Å². The molecule has 0 spiro atoms. The molecule has 1 aliphatic carbocycles. The van der Waals surface area contributed by atoms with Crippen molar-refractivity contribution in [2.45, 2.75) is 44.3 Å². The first-order chi connectivity index (χ1) is 6.91. The molecular weight excluding hydrogens is 207 g/mol. The summed E-state index contributed by atoms with van der Waals surface area (Å²) in [6, 6.07) is 0. The van der Waals surface area contributed by atoms with E-state index in [1.54, 1.807) is 0 Å². The molecule has 1 rings (SSSR count). The smallest absolute Gasteiger partial charge is 0.372 e. The third kappa shape index (κ3) is 5.37. The first-order valence-electron chi connectivity index (χ1n) is 5.31. The molecule has 2 nitrogen and oxygen atoms in total. The largest absolute Gasteiger partial charge is 0.411 e. The van der Waals surface area contributed by atoms with Gasteiger partial charge in [0.25, 0.3) is 0 Å². The van der Waals surface area contributed by atoms with Crippen molar-refractivity contribution in [2.24, 2.45) is 0 Å². The third-order valence-electron chi connectivity index (χ3n) is 2.74. The Labute approximate surface area is 88.2 Å². The highest BCUT2D eigenvalue weighted by molar-refractivity contribution is 4.91. The van der Waals surface area contributed by atoms with E-state index < -0.39 is 12.8 Å². The van der Waals surface area contributed by atoms with Gasteiger partial charge in [0, 0.05) is 12.1 Å². The molecule has 1 saturated carbocycles. The monoisotopic (exact) mass is 225 g/mol. The Bertz CT molecular complexity index is 190. The highest BCUT2D eigenvalue weighted by Crippen LogP contribution is 2.30. The molecule has 0 amide bonds. The molecule has 1 N–H and O–H groups in total. The second-order valence-electron chi connectivity index (χ2n) is 4.36. The van der Waals surface area contributed by atoms with Crippen molar-refractivity contribution in [1.82, 2.24) is 5.32 Å². The van der Waals surface area contributed by atoms with Crippen LogP contribution in [-0.4, -0.2) is 31.5 Å². The van der Waals surface area contributed by atoms with Crippen LogP contribution in [0, 0.1) is 0 Å². The fourth-order valence-corrected chi connectivity index (χ4v) is 1.64. The van der Waals surface area contributed by atoms with E-state index in [0.29, 0.717) is 6.42 Å². The van der Waals surface area contributed by atoms with Gasteiger partial charge in [0.2, 0.25) is 0 Å². The van der Waals surface area contributed by atoms with Crippen LogP contribution in [0.2, 0.25) is 0 Å². The van der Waals surface area contributed by atoms with Crippen molar-refractivity contribution in [3.63, 3.8) is 0 Å². The molecule has 0 saturated heterocycles. The summed E-state index contributed by atoms with van der Waals surface area (Å²) in [7, 11) is 0. The van der Waals surface area contributed by atoms with E-state index in [1.807, 2.05) is 0 Å². The standard InChI is InChI=1S/C10H18F3NO/c1-9(4-2-5-9)14-6-3-7-15-8-10(11,12)13/h14H,2-8H2,1H3. The summed E-state index contributed by atoms with van der Waals surface area (Å²) in [5.74, 6) is 0.